The Morgan fingerprint density at radius 1 is 0.291 bits per heavy atom. The van der Waals surface area contributed by atoms with Gasteiger partial charge in [0, 0.05) is 13.2 Å². The fourth-order valence-electron chi connectivity index (χ4n) is 15.3. The second kappa shape index (κ2) is 53.0. The van der Waals surface area contributed by atoms with Gasteiger partial charge in [-0.05, 0) is 93.6 Å². The van der Waals surface area contributed by atoms with Crippen LogP contribution in [0, 0.1) is 47.3 Å². The Morgan fingerprint density at radius 2 is 0.591 bits per heavy atom. The van der Waals surface area contributed by atoms with Crippen LogP contribution in [0.2, 0.25) is 0 Å². The molecule has 2 saturated heterocycles. The molecule has 1 N–H and O–H groups in total. The second-order valence-electron chi connectivity index (χ2n) is 33.7. The van der Waals surface area contributed by atoms with Crippen molar-refractivity contribution >= 4 is 0 Å². The minimum Gasteiger partial charge on any atom is -0.385 e. The first kappa shape index (κ1) is 90.3. The molecule has 2 fully saturated rings. The Balaban J connectivity index is 1.06. The van der Waals surface area contributed by atoms with E-state index in [9.17, 15) is 5.11 Å². The number of ether oxygens (including phenoxy) is 12. The van der Waals surface area contributed by atoms with Crippen LogP contribution in [0.15, 0.2) is 182 Å². The van der Waals surface area contributed by atoms with Gasteiger partial charge in [0.1, 0.15) is 54.9 Å². The average Bonchev–Trinajstić information content (AvgIpc) is 0.777. The summed E-state index contributed by atoms with van der Waals surface area (Å²) in [6.07, 6.45) is 14.6. The highest BCUT2D eigenvalue weighted by molar-refractivity contribution is 5.18. The minimum atomic E-state index is -1.42. The van der Waals surface area contributed by atoms with E-state index in [-0.39, 0.29) is 46.2 Å². The van der Waals surface area contributed by atoms with Crippen LogP contribution in [0.3, 0.4) is 0 Å². The summed E-state index contributed by atoms with van der Waals surface area (Å²) in [5.74, 6) is 5.65. The van der Waals surface area contributed by atoms with Crippen LogP contribution in [-0.2, 0) is 96.5 Å². The van der Waals surface area contributed by atoms with E-state index in [1.807, 2.05) is 170 Å². The number of benzene rings is 6. The number of hydrogen-bond acceptors (Lipinski definition) is 13. The van der Waals surface area contributed by atoms with E-state index >= 15 is 0 Å². The summed E-state index contributed by atoms with van der Waals surface area (Å²) < 4.78 is 84.6. The predicted octanol–water partition coefficient (Wildman–Crippen LogP) is 22.3. The minimum absolute atomic E-state index is 0.0796. The van der Waals surface area contributed by atoms with Gasteiger partial charge in [-0.2, -0.15) is 0 Å². The largest absolute Gasteiger partial charge is 0.385 e. The van der Waals surface area contributed by atoms with Crippen LogP contribution in [0.25, 0.3) is 0 Å². The van der Waals surface area contributed by atoms with Crippen molar-refractivity contribution < 1.29 is 61.9 Å². The molecular formula is C97H144O13. The normalized spacial score (nSPS) is 22.2. The Kier molecular flexibility index (Phi) is 43.6. The molecule has 2 aliphatic heterocycles. The molecular weight excluding hydrogens is 1370 g/mol. The zero-order chi connectivity index (χ0) is 77.8. The lowest BCUT2D eigenvalue weighted by molar-refractivity contribution is -0.381. The topological polar surface area (TPSA) is 131 Å². The van der Waals surface area contributed by atoms with Crippen molar-refractivity contribution in [1.29, 1.82) is 0 Å². The van der Waals surface area contributed by atoms with Crippen LogP contribution < -0.4 is 0 Å². The van der Waals surface area contributed by atoms with Crippen LogP contribution in [-0.4, -0.2) is 112 Å². The molecule has 0 amide bonds. The molecule has 0 unspecified atom stereocenters. The summed E-state index contributed by atoms with van der Waals surface area (Å²) in [5.41, 5.74) is 5.82. The monoisotopic (exact) mass is 1520 g/mol. The van der Waals surface area contributed by atoms with Gasteiger partial charge in [0.2, 0.25) is 0 Å². The lowest BCUT2D eigenvalue weighted by Gasteiger charge is -2.49. The molecule has 610 valence electrons. The molecule has 0 bridgehead atoms. The summed E-state index contributed by atoms with van der Waals surface area (Å²) in [6.45, 7) is 27.1. The third kappa shape index (κ3) is 35.7. The SMILES string of the molecule is CC(C)CCC[C@@H](C)CCC[C@H](C)CCC[C@H](C)CCOC[C@@H](CO[C@H]1O[C@H](COCc2ccccc2)[C@@H](OCc2ccccc2)[C@H](OCc2ccccc2)[C@@H]1O[C@@H]1O[C@H](COCc2ccccc2)[C@@H](OCc2ccccc2)[C@H](OCc2ccccc2)[C@@H]1O)OCC[C@@H](C)CCC[C@@H](C)CCC[C@H](C)CCCC(C)C. The highest BCUT2D eigenvalue weighted by Crippen LogP contribution is 2.37. The van der Waals surface area contributed by atoms with Gasteiger partial charge in [0.25, 0.3) is 0 Å². The smallest absolute Gasteiger partial charge is 0.187 e. The molecule has 0 aromatic heterocycles. The van der Waals surface area contributed by atoms with Crippen LogP contribution in [0.1, 0.15) is 231 Å². The molecule has 13 nitrogen and oxygen atoms in total. The number of hydrogen-bond donors (Lipinski definition) is 1. The molecule has 8 rings (SSSR count). The lowest BCUT2D eigenvalue weighted by Crippen LogP contribution is -2.66. The maximum atomic E-state index is 13.2. The first-order chi connectivity index (χ1) is 53.6. The molecule has 0 radical (unpaired) electrons. The lowest BCUT2D eigenvalue weighted by atomic mass is 9.91. The van der Waals surface area contributed by atoms with E-state index in [0.717, 1.165) is 88.2 Å². The maximum Gasteiger partial charge on any atom is 0.187 e. The second-order valence-corrected chi connectivity index (χ2v) is 33.7. The summed E-state index contributed by atoms with van der Waals surface area (Å²) in [5, 5.41) is 13.2. The van der Waals surface area contributed by atoms with Gasteiger partial charge >= 0.3 is 0 Å². The molecule has 6 aromatic carbocycles. The predicted molar refractivity (Wildman–Crippen MR) is 444 cm³/mol. The van der Waals surface area contributed by atoms with Crippen LogP contribution in [0.5, 0.6) is 0 Å². The summed E-state index contributed by atoms with van der Waals surface area (Å²) in [6, 6.07) is 60.4. The average molecular weight is 1520 g/mol. The maximum absolute atomic E-state index is 13.2. The van der Waals surface area contributed by atoms with E-state index in [4.69, 9.17) is 56.8 Å². The number of aliphatic hydroxyl groups is 1. The van der Waals surface area contributed by atoms with Gasteiger partial charge in [-0.25, -0.2) is 0 Å². The van der Waals surface area contributed by atoms with Crippen molar-refractivity contribution in [3.8, 4) is 0 Å². The van der Waals surface area contributed by atoms with Gasteiger partial charge in [-0.15, -0.1) is 0 Å². The zero-order valence-electron chi connectivity index (χ0n) is 69.3. The highest BCUT2D eigenvalue weighted by Gasteiger charge is 2.54. The van der Waals surface area contributed by atoms with Crippen molar-refractivity contribution in [3.05, 3.63) is 215 Å². The molecule has 110 heavy (non-hydrogen) atoms. The third-order valence-electron chi connectivity index (χ3n) is 22.4. The molecule has 2 aliphatic rings. The van der Waals surface area contributed by atoms with E-state index in [1.54, 1.807) is 0 Å². The fraction of sp³-hybridized carbons (Fsp3) is 0.629. The van der Waals surface area contributed by atoms with Gasteiger partial charge in [-0.1, -0.05) is 367 Å². The van der Waals surface area contributed by atoms with Crippen LogP contribution in [0.4, 0.5) is 0 Å². The van der Waals surface area contributed by atoms with E-state index in [1.165, 1.54) is 109 Å². The standard InChI is InChI=1S/C97H144O13/c1-73(2)35-29-37-75(5)39-31-41-77(7)43-33-45-79(9)59-61-99-69-87(102-62-60-80(10)46-34-44-78(8)42-32-40-76(6)38-30-36-74(3)4)70-107-97-95(94(106-68-86-57-27-16-28-58-86)92(104-66-84-53-23-14-24-54-84)89(109-97)72-101-64-82-49-19-12-20-50-82)110-96-90(98)93(105-67-85-55-25-15-26-56-85)91(103-65-83-51-21-13-22-52-83)88(108-96)71-100-63-81-47-17-11-18-48-81/h11-28,47-58,73-80,87-98H,29-46,59-72H2,1-10H3/t75-,76-,77+,78+,79+,80+,87+,88-,89-,90+,91-,92-,93-,94+,95+,96+,97+/m1/s1. The van der Waals surface area contributed by atoms with Gasteiger partial charge in [0.05, 0.1) is 66.1 Å². The van der Waals surface area contributed by atoms with E-state index in [0.29, 0.717) is 44.9 Å². The quantitative estimate of drug-likeness (QED) is 0.0364. The molecule has 17 atom stereocenters. The molecule has 0 saturated carbocycles. The Morgan fingerprint density at radius 3 is 0.955 bits per heavy atom. The summed E-state index contributed by atoms with van der Waals surface area (Å²) in [4.78, 5) is 0. The van der Waals surface area contributed by atoms with Crippen molar-refractivity contribution in [3.63, 3.8) is 0 Å². The summed E-state index contributed by atoms with van der Waals surface area (Å²) >= 11 is 0. The molecule has 0 aliphatic carbocycles. The molecule has 2 heterocycles. The summed E-state index contributed by atoms with van der Waals surface area (Å²) in [7, 11) is 0. The third-order valence-corrected chi connectivity index (χ3v) is 22.4. The Bertz CT molecular complexity index is 3190. The van der Waals surface area contributed by atoms with E-state index < -0.39 is 67.5 Å². The molecule has 0 spiro atoms. The van der Waals surface area contributed by atoms with Gasteiger partial charge in [0.15, 0.2) is 12.6 Å². The Hall–Kier alpha value is -5.20. The Labute approximate surface area is 665 Å². The van der Waals surface area contributed by atoms with Crippen molar-refractivity contribution in [1.82, 2.24) is 0 Å². The van der Waals surface area contributed by atoms with Crippen molar-refractivity contribution in [2.24, 2.45) is 47.3 Å². The highest BCUT2D eigenvalue weighted by atomic mass is 16.8. The number of aliphatic hydroxyl groups excluding tert-OH is 1. The van der Waals surface area contributed by atoms with Gasteiger partial charge < -0.3 is 61.9 Å². The number of rotatable bonds is 58. The zero-order valence-corrected chi connectivity index (χ0v) is 69.3. The first-order valence-electron chi connectivity index (χ1n) is 42.9. The first-order valence-corrected chi connectivity index (χ1v) is 42.9. The molecule has 13 heteroatoms. The van der Waals surface area contributed by atoms with Crippen LogP contribution >= 0.6 is 0 Å². The van der Waals surface area contributed by atoms with Gasteiger partial charge in [-0.3, -0.25) is 0 Å². The van der Waals surface area contributed by atoms with Crippen molar-refractivity contribution in [2.45, 2.75) is 305 Å². The fourth-order valence-corrected chi connectivity index (χ4v) is 15.3. The van der Waals surface area contributed by atoms with E-state index in [2.05, 4.69) is 81.4 Å². The molecule has 6 aromatic rings. The van der Waals surface area contributed by atoms with Crippen molar-refractivity contribution in [2.75, 3.05) is 39.6 Å².